The minimum atomic E-state index is -0.548. The molecule has 18 heavy (non-hydrogen) atoms. The predicted molar refractivity (Wildman–Crippen MR) is 69.3 cm³/mol. The third-order valence-corrected chi connectivity index (χ3v) is 3.33. The number of halogens is 2. The lowest BCUT2D eigenvalue weighted by Gasteiger charge is -2.10. The van der Waals surface area contributed by atoms with Gasteiger partial charge in [-0.15, -0.1) is 0 Å². The molecule has 1 heterocycles. The van der Waals surface area contributed by atoms with Crippen molar-refractivity contribution in [3.8, 4) is 11.8 Å². The van der Waals surface area contributed by atoms with Gasteiger partial charge >= 0.3 is 0 Å². The first-order valence-electron chi connectivity index (χ1n) is 5.31. The molecule has 0 saturated heterocycles. The molecule has 0 unspecified atom stereocenters. The fourth-order valence-electron chi connectivity index (χ4n) is 1.95. The molecule has 3 nitrogen and oxygen atoms in total. The van der Waals surface area contributed by atoms with Gasteiger partial charge in [0.25, 0.3) is 0 Å². The Hall–Kier alpha value is -1.99. The van der Waals surface area contributed by atoms with Crippen LogP contribution >= 0.6 is 11.6 Å². The summed E-state index contributed by atoms with van der Waals surface area (Å²) < 4.78 is 15.5. The fourth-order valence-corrected chi connectivity index (χ4v) is 2.12. The molecule has 0 saturated carbocycles. The van der Waals surface area contributed by atoms with E-state index in [0.29, 0.717) is 5.56 Å². The van der Waals surface area contributed by atoms with Crippen LogP contribution in [-0.4, -0.2) is 4.57 Å². The summed E-state index contributed by atoms with van der Waals surface area (Å²) in [5, 5.41) is 9.07. The number of nitrogens with two attached hydrogens (primary N) is 1. The molecule has 1 aromatic heterocycles. The average Bonchev–Trinajstić information content (AvgIpc) is 2.55. The summed E-state index contributed by atoms with van der Waals surface area (Å²) in [4.78, 5) is 0. The van der Waals surface area contributed by atoms with Crippen LogP contribution in [0.1, 0.15) is 16.8 Å². The number of benzene rings is 1. The normalized spacial score (nSPS) is 10.4. The number of nitrogens with zero attached hydrogens (tertiary/aromatic N) is 2. The highest BCUT2D eigenvalue weighted by Crippen LogP contribution is 2.30. The number of aromatic nitrogens is 1. The first-order valence-corrected chi connectivity index (χ1v) is 5.68. The van der Waals surface area contributed by atoms with Crippen LogP contribution in [0.4, 0.5) is 10.2 Å². The van der Waals surface area contributed by atoms with Gasteiger partial charge in [-0.05, 0) is 31.5 Å². The van der Waals surface area contributed by atoms with E-state index in [2.05, 4.69) is 0 Å². The highest BCUT2D eigenvalue weighted by Gasteiger charge is 2.19. The van der Waals surface area contributed by atoms with Gasteiger partial charge in [-0.25, -0.2) is 4.39 Å². The number of hydrogen-bond donors (Lipinski definition) is 1. The van der Waals surface area contributed by atoms with Crippen LogP contribution in [0.15, 0.2) is 18.2 Å². The van der Waals surface area contributed by atoms with E-state index in [1.54, 1.807) is 26.0 Å². The third kappa shape index (κ3) is 1.64. The Morgan fingerprint density at radius 1 is 1.39 bits per heavy atom. The van der Waals surface area contributed by atoms with Gasteiger partial charge in [-0.2, -0.15) is 5.26 Å². The highest BCUT2D eigenvalue weighted by molar-refractivity contribution is 6.30. The molecule has 5 heteroatoms. The zero-order chi connectivity index (χ0) is 13.4. The van der Waals surface area contributed by atoms with E-state index in [0.717, 1.165) is 11.3 Å². The molecule has 0 aliphatic carbocycles. The molecule has 2 rings (SSSR count). The first-order chi connectivity index (χ1) is 8.49. The van der Waals surface area contributed by atoms with Crippen molar-refractivity contribution in [1.29, 1.82) is 5.26 Å². The van der Waals surface area contributed by atoms with E-state index in [4.69, 9.17) is 22.6 Å². The smallest absolute Gasteiger partial charge is 0.165 e. The van der Waals surface area contributed by atoms with E-state index >= 15 is 0 Å². The molecule has 0 bridgehead atoms. The second kappa shape index (κ2) is 4.35. The monoisotopic (exact) mass is 263 g/mol. The topological polar surface area (TPSA) is 54.7 Å². The van der Waals surface area contributed by atoms with Crippen LogP contribution in [0.3, 0.4) is 0 Å². The van der Waals surface area contributed by atoms with Gasteiger partial charge < -0.3 is 5.73 Å². The number of nitrogen functional groups attached to an aromatic ring is 1. The predicted octanol–water partition coefficient (Wildman–Crippen LogP) is 3.34. The summed E-state index contributed by atoms with van der Waals surface area (Å²) in [6.45, 7) is 3.57. The van der Waals surface area contributed by atoms with Crippen LogP contribution in [0.2, 0.25) is 5.02 Å². The molecule has 0 spiro atoms. The van der Waals surface area contributed by atoms with Gasteiger partial charge in [-0.1, -0.05) is 17.7 Å². The Bertz CT molecular complexity index is 668. The Balaban J connectivity index is 2.81. The maximum atomic E-state index is 14.0. The molecule has 0 atom stereocenters. The van der Waals surface area contributed by atoms with Crippen LogP contribution < -0.4 is 5.73 Å². The molecule has 2 N–H and O–H groups in total. The molecule has 92 valence electrons. The first kappa shape index (κ1) is 12.5. The standard InChI is InChI=1S/C13H11ClFN3/c1-7-8(2)18(13(17)9(7)6-16)11-5-3-4-10(14)12(11)15/h3-5H,17H2,1-2H3. The number of anilines is 1. The summed E-state index contributed by atoms with van der Waals surface area (Å²) in [6, 6.07) is 6.71. The van der Waals surface area contributed by atoms with E-state index in [1.165, 1.54) is 10.6 Å². The highest BCUT2D eigenvalue weighted by atomic mass is 35.5. The zero-order valence-corrected chi connectivity index (χ0v) is 10.7. The van der Waals surface area contributed by atoms with E-state index < -0.39 is 5.82 Å². The second-order valence-electron chi connectivity index (χ2n) is 3.99. The molecule has 0 radical (unpaired) electrons. The van der Waals surface area contributed by atoms with Crippen LogP contribution in [0.25, 0.3) is 5.69 Å². The number of rotatable bonds is 1. The van der Waals surface area contributed by atoms with Crippen molar-refractivity contribution in [3.63, 3.8) is 0 Å². The van der Waals surface area contributed by atoms with Crippen LogP contribution in [0.5, 0.6) is 0 Å². The number of nitriles is 1. The van der Waals surface area contributed by atoms with Crippen molar-refractivity contribution >= 4 is 17.4 Å². The van der Waals surface area contributed by atoms with Crippen molar-refractivity contribution in [2.24, 2.45) is 0 Å². The molecular weight excluding hydrogens is 253 g/mol. The van der Waals surface area contributed by atoms with Gasteiger partial charge in [-0.3, -0.25) is 4.57 Å². The average molecular weight is 264 g/mol. The third-order valence-electron chi connectivity index (χ3n) is 3.03. The maximum absolute atomic E-state index is 14.0. The summed E-state index contributed by atoms with van der Waals surface area (Å²) in [5.74, 6) is -0.317. The molecule has 0 fully saturated rings. The molecule has 0 amide bonds. The lowest BCUT2D eigenvalue weighted by atomic mass is 10.2. The van der Waals surface area contributed by atoms with Gasteiger partial charge in [0.15, 0.2) is 5.82 Å². The van der Waals surface area contributed by atoms with Crippen molar-refractivity contribution < 1.29 is 4.39 Å². The number of hydrogen-bond acceptors (Lipinski definition) is 2. The van der Waals surface area contributed by atoms with Crippen LogP contribution in [0, 0.1) is 31.0 Å². The molecule has 1 aromatic carbocycles. The Morgan fingerprint density at radius 3 is 2.61 bits per heavy atom. The zero-order valence-electron chi connectivity index (χ0n) is 9.96. The van der Waals surface area contributed by atoms with Crippen molar-refractivity contribution in [2.45, 2.75) is 13.8 Å². The van der Waals surface area contributed by atoms with E-state index in [-0.39, 0.29) is 16.5 Å². The molecule has 0 aliphatic rings. The van der Waals surface area contributed by atoms with Gasteiger partial charge in [0.2, 0.25) is 0 Å². The molecular formula is C13H11ClFN3. The van der Waals surface area contributed by atoms with Crippen LogP contribution in [-0.2, 0) is 0 Å². The largest absolute Gasteiger partial charge is 0.384 e. The van der Waals surface area contributed by atoms with Crippen molar-refractivity contribution in [2.75, 3.05) is 5.73 Å². The molecule has 2 aromatic rings. The Morgan fingerprint density at radius 2 is 2.06 bits per heavy atom. The van der Waals surface area contributed by atoms with Gasteiger partial charge in [0.05, 0.1) is 16.3 Å². The second-order valence-corrected chi connectivity index (χ2v) is 4.40. The fraction of sp³-hybridized carbons (Fsp3) is 0.154. The lowest BCUT2D eigenvalue weighted by Crippen LogP contribution is -2.05. The maximum Gasteiger partial charge on any atom is 0.165 e. The summed E-state index contributed by atoms with van der Waals surface area (Å²) in [5.41, 5.74) is 7.99. The lowest BCUT2D eigenvalue weighted by molar-refractivity contribution is 0.618. The van der Waals surface area contributed by atoms with Crippen molar-refractivity contribution in [3.05, 3.63) is 45.9 Å². The van der Waals surface area contributed by atoms with E-state index in [9.17, 15) is 4.39 Å². The van der Waals surface area contributed by atoms with Gasteiger partial charge in [0.1, 0.15) is 11.9 Å². The van der Waals surface area contributed by atoms with E-state index in [1.807, 2.05) is 6.07 Å². The summed E-state index contributed by atoms with van der Waals surface area (Å²) in [7, 11) is 0. The SMILES string of the molecule is Cc1c(C#N)c(N)n(-c2cccc(Cl)c2F)c1C. The minimum absolute atomic E-state index is 0.0242. The summed E-state index contributed by atoms with van der Waals surface area (Å²) >= 11 is 5.75. The molecule has 0 aliphatic heterocycles. The minimum Gasteiger partial charge on any atom is -0.384 e. The Labute approximate surface area is 109 Å². The van der Waals surface area contributed by atoms with Gasteiger partial charge in [0, 0.05) is 5.69 Å². The quantitative estimate of drug-likeness (QED) is 0.858. The van der Waals surface area contributed by atoms with Crippen molar-refractivity contribution in [1.82, 2.24) is 4.57 Å². The summed E-state index contributed by atoms with van der Waals surface area (Å²) in [6.07, 6.45) is 0. The Kier molecular flexibility index (Phi) is 3.02.